The van der Waals surface area contributed by atoms with Crippen LogP contribution < -0.4 is 4.90 Å². The van der Waals surface area contributed by atoms with Crippen LogP contribution in [0, 0.1) is 0 Å². The van der Waals surface area contributed by atoms with Crippen molar-refractivity contribution in [2.75, 3.05) is 31.1 Å². The second-order valence-corrected chi connectivity index (χ2v) is 6.42. The Bertz CT molecular complexity index is 906. The third-order valence-electron chi connectivity index (χ3n) is 4.50. The quantitative estimate of drug-likeness (QED) is 0.709. The van der Waals surface area contributed by atoms with Gasteiger partial charge in [-0.3, -0.25) is 9.58 Å². The molecule has 0 unspecified atom stereocenters. The summed E-state index contributed by atoms with van der Waals surface area (Å²) >= 11 is 0. The van der Waals surface area contributed by atoms with Crippen molar-refractivity contribution in [1.29, 1.82) is 0 Å². The molecule has 0 N–H and O–H groups in total. The van der Waals surface area contributed by atoms with Crippen molar-refractivity contribution in [2.24, 2.45) is 7.05 Å². The largest absolute Gasteiger partial charge is 0.434 e. The molecule has 0 aromatic carbocycles. The maximum absolute atomic E-state index is 12.8. The Labute approximate surface area is 147 Å². The highest BCUT2D eigenvalue weighted by atomic mass is 19.4. The molecule has 0 atom stereocenters. The number of rotatable bonds is 3. The Morgan fingerprint density at radius 3 is 2.46 bits per heavy atom. The van der Waals surface area contributed by atoms with Crippen LogP contribution in [0.1, 0.15) is 11.4 Å². The van der Waals surface area contributed by atoms with Gasteiger partial charge in [-0.25, -0.2) is 4.98 Å². The molecule has 26 heavy (non-hydrogen) atoms. The van der Waals surface area contributed by atoms with Crippen LogP contribution in [-0.4, -0.2) is 55.5 Å². The first-order valence-corrected chi connectivity index (χ1v) is 8.27. The van der Waals surface area contributed by atoms with E-state index < -0.39 is 11.9 Å². The van der Waals surface area contributed by atoms with E-state index in [2.05, 4.69) is 25.1 Å². The number of imidazole rings is 1. The number of nitrogens with zero attached hydrogens (tertiary/aromatic N) is 7. The van der Waals surface area contributed by atoms with Crippen LogP contribution in [0.4, 0.5) is 18.9 Å². The van der Waals surface area contributed by atoms with Crippen molar-refractivity contribution in [3.05, 3.63) is 42.1 Å². The molecular formula is C16H18F3N7. The number of hydrogen-bond donors (Lipinski definition) is 0. The molecular weight excluding hydrogens is 347 g/mol. The predicted octanol–water partition coefficient (Wildman–Crippen LogP) is 1.80. The lowest BCUT2D eigenvalue weighted by atomic mass is 10.2. The van der Waals surface area contributed by atoms with E-state index in [9.17, 15) is 13.2 Å². The first-order chi connectivity index (χ1) is 12.4. The Morgan fingerprint density at radius 2 is 1.81 bits per heavy atom. The third kappa shape index (κ3) is 3.36. The van der Waals surface area contributed by atoms with E-state index in [0.717, 1.165) is 50.3 Å². The SMILES string of the molecule is Cn1cc(CN2CCN(c3ccc4nc(C(F)(F)F)cn4c3)CC2)nn1. The van der Waals surface area contributed by atoms with Gasteiger partial charge in [0.25, 0.3) is 0 Å². The summed E-state index contributed by atoms with van der Waals surface area (Å²) in [4.78, 5) is 8.08. The molecule has 7 nitrogen and oxygen atoms in total. The summed E-state index contributed by atoms with van der Waals surface area (Å²) in [5.41, 5.74) is 1.24. The van der Waals surface area contributed by atoms with Crippen LogP contribution >= 0.6 is 0 Å². The van der Waals surface area contributed by atoms with Gasteiger partial charge < -0.3 is 9.30 Å². The summed E-state index contributed by atoms with van der Waals surface area (Å²) in [6, 6.07) is 3.44. The van der Waals surface area contributed by atoms with Gasteiger partial charge in [0, 0.05) is 58.4 Å². The maximum Gasteiger partial charge on any atom is 0.434 e. The van der Waals surface area contributed by atoms with Gasteiger partial charge >= 0.3 is 6.18 Å². The molecule has 0 aliphatic carbocycles. The van der Waals surface area contributed by atoms with Gasteiger partial charge in [0.2, 0.25) is 0 Å². The molecule has 138 valence electrons. The zero-order valence-corrected chi connectivity index (χ0v) is 14.2. The van der Waals surface area contributed by atoms with Crippen LogP contribution in [0.2, 0.25) is 0 Å². The minimum atomic E-state index is -4.43. The van der Waals surface area contributed by atoms with Gasteiger partial charge in [-0.1, -0.05) is 5.21 Å². The van der Waals surface area contributed by atoms with Crippen LogP contribution in [0.15, 0.2) is 30.7 Å². The molecule has 3 aromatic heterocycles. The van der Waals surface area contributed by atoms with Gasteiger partial charge in [0.1, 0.15) is 5.65 Å². The first kappa shape index (κ1) is 16.8. The molecule has 3 aromatic rings. The van der Waals surface area contributed by atoms with Crippen molar-refractivity contribution in [2.45, 2.75) is 12.7 Å². The number of halogens is 3. The molecule has 4 heterocycles. The van der Waals surface area contributed by atoms with Crippen LogP contribution in [0.3, 0.4) is 0 Å². The molecule has 1 saturated heterocycles. The van der Waals surface area contributed by atoms with Gasteiger partial charge in [0.05, 0.1) is 11.4 Å². The Balaban J connectivity index is 1.43. The zero-order valence-electron chi connectivity index (χ0n) is 14.2. The highest BCUT2D eigenvalue weighted by Gasteiger charge is 2.34. The number of fused-ring (bicyclic) bond motifs is 1. The second kappa shape index (κ2) is 6.27. The smallest absolute Gasteiger partial charge is 0.368 e. The van der Waals surface area contributed by atoms with E-state index >= 15 is 0 Å². The summed E-state index contributed by atoms with van der Waals surface area (Å²) in [6.07, 6.45) is 0.203. The molecule has 4 rings (SSSR count). The highest BCUT2D eigenvalue weighted by Crippen LogP contribution is 2.29. The Morgan fingerprint density at radius 1 is 1.04 bits per heavy atom. The number of piperazine rings is 1. The van der Waals surface area contributed by atoms with Gasteiger partial charge in [-0.05, 0) is 12.1 Å². The molecule has 1 aliphatic heterocycles. The number of aryl methyl sites for hydroxylation is 1. The first-order valence-electron chi connectivity index (χ1n) is 8.27. The Kier molecular flexibility index (Phi) is 4.06. The minimum absolute atomic E-state index is 0.294. The minimum Gasteiger partial charge on any atom is -0.368 e. The number of aromatic nitrogens is 5. The molecule has 10 heteroatoms. The van der Waals surface area contributed by atoms with E-state index in [1.165, 1.54) is 4.40 Å². The number of pyridine rings is 1. The summed E-state index contributed by atoms with van der Waals surface area (Å²) in [7, 11) is 1.84. The number of anilines is 1. The molecule has 0 saturated carbocycles. The van der Waals surface area contributed by atoms with E-state index in [0.29, 0.717) is 5.65 Å². The van der Waals surface area contributed by atoms with Crippen LogP contribution in [0.5, 0.6) is 0 Å². The molecule has 1 aliphatic rings. The number of alkyl halides is 3. The number of hydrogen-bond acceptors (Lipinski definition) is 5. The van der Waals surface area contributed by atoms with E-state index in [1.54, 1.807) is 16.9 Å². The fourth-order valence-corrected chi connectivity index (χ4v) is 3.16. The average Bonchev–Trinajstić information content (AvgIpc) is 3.20. The van der Waals surface area contributed by atoms with E-state index in [-0.39, 0.29) is 0 Å². The lowest BCUT2D eigenvalue weighted by Crippen LogP contribution is -2.46. The molecule has 0 amide bonds. The fraction of sp³-hybridized carbons (Fsp3) is 0.438. The molecule has 0 radical (unpaired) electrons. The van der Waals surface area contributed by atoms with Gasteiger partial charge in [0.15, 0.2) is 5.69 Å². The molecule has 0 spiro atoms. The van der Waals surface area contributed by atoms with Crippen molar-refractivity contribution < 1.29 is 13.2 Å². The molecule has 1 fully saturated rings. The predicted molar refractivity (Wildman–Crippen MR) is 88.7 cm³/mol. The highest BCUT2D eigenvalue weighted by molar-refractivity contribution is 5.53. The summed E-state index contributed by atoms with van der Waals surface area (Å²) < 4.78 is 41.5. The zero-order chi connectivity index (χ0) is 18.3. The summed E-state index contributed by atoms with van der Waals surface area (Å²) in [5.74, 6) is 0. The van der Waals surface area contributed by atoms with Crippen LogP contribution in [0.25, 0.3) is 5.65 Å². The van der Waals surface area contributed by atoms with Crippen LogP contribution in [-0.2, 0) is 19.8 Å². The summed E-state index contributed by atoms with van der Waals surface area (Å²) in [5, 5.41) is 8.03. The molecule has 0 bridgehead atoms. The summed E-state index contributed by atoms with van der Waals surface area (Å²) in [6.45, 7) is 4.05. The fourth-order valence-electron chi connectivity index (χ4n) is 3.16. The topological polar surface area (TPSA) is 54.5 Å². The monoisotopic (exact) mass is 365 g/mol. The van der Waals surface area contributed by atoms with Crippen molar-refractivity contribution in [1.82, 2.24) is 29.3 Å². The maximum atomic E-state index is 12.8. The van der Waals surface area contributed by atoms with Crippen molar-refractivity contribution >= 4 is 11.3 Å². The standard InChI is InChI=1S/C16H18F3N7/c1-23-8-12(21-22-23)9-24-4-6-25(7-5-24)13-2-3-15-20-14(16(17,18)19)11-26(15)10-13/h2-3,8,10-11H,4-7,9H2,1H3. The lowest BCUT2D eigenvalue weighted by Gasteiger charge is -2.35. The van der Waals surface area contributed by atoms with E-state index in [4.69, 9.17) is 0 Å². The van der Waals surface area contributed by atoms with Crippen molar-refractivity contribution in [3.8, 4) is 0 Å². The third-order valence-corrected chi connectivity index (χ3v) is 4.50. The average molecular weight is 365 g/mol. The second-order valence-electron chi connectivity index (χ2n) is 6.42. The lowest BCUT2D eigenvalue weighted by molar-refractivity contribution is -0.140. The van der Waals surface area contributed by atoms with E-state index in [1.807, 2.05) is 19.3 Å². The van der Waals surface area contributed by atoms with Gasteiger partial charge in [-0.2, -0.15) is 13.2 Å². The van der Waals surface area contributed by atoms with Crippen molar-refractivity contribution in [3.63, 3.8) is 0 Å². The Hall–Kier alpha value is -2.62. The van der Waals surface area contributed by atoms with Gasteiger partial charge in [-0.15, -0.1) is 5.10 Å². The normalized spacial score (nSPS) is 16.5.